The molecule has 3 nitrogen and oxygen atoms in total. The molecule has 3 heterocycles. The van der Waals surface area contributed by atoms with Gasteiger partial charge in [-0.2, -0.15) is 0 Å². The number of nitrogens with zero attached hydrogens (tertiary/aromatic N) is 2. The van der Waals surface area contributed by atoms with E-state index < -0.39 is 0 Å². The number of ether oxygens (including phenoxy) is 1. The van der Waals surface area contributed by atoms with E-state index in [1.807, 2.05) is 12.4 Å². The molecule has 3 heteroatoms. The van der Waals surface area contributed by atoms with Crippen LogP contribution in [0.3, 0.4) is 0 Å². The number of allylic oxidation sites excluding steroid dienone is 1. The predicted molar refractivity (Wildman–Crippen MR) is 76.4 cm³/mol. The van der Waals surface area contributed by atoms with Gasteiger partial charge in [0.15, 0.2) is 0 Å². The molecular formula is C16H22N2O. The van der Waals surface area contributed by atoms with E-state index in [0.717, 1.165) is 32.6 Å². The summed E-state index contributed by atoms with van der Waals surface area (Å²) in [6.07, 6.45) is 8.58. The lowest BCUT2D eigenvalue weighted by molar-refractivity contribution is 0.0470. The first-order valence-corrected chi connectivity index (χ1v) is 7.24. The molecule has 102 valence electrons. The Bertz CT molecular complexity index is 475. The molecule has 2 aliphatic rings. The minimum atomic E-state index is 0.545. The number of pyridine rings is 1. The lowest BCUT2D eigenvalue weighted by Gasteiger charge is -2.38. The van der Waals surface area contributed by atoms with E-state index in [9.17, 15) is 0 Å². The van der Waals surface area contributed by atoms with Gasteiger partial charge in [0.2, 0.25) is 0 Å². The second kappa shape index (κ2) is 5.33. The predicted octanol–water partition coefficient (Wildman–Crippen LogP) is 3.07. The average Bonchev–Trinajstić information content (AvgIpc) is 2.47. The number of aromatic nitrogens is 1. The van der Waals surface area contributed by atoms with Crippen LogP contribution in [0.1, 0.15) is 37.8 Å². The van der Waals surface area contributed by atoms with Gasteiger partial charge in [-0.05, 0) is 41.5 Å². The number of rotatable bonds is 2. The van der Waals surface area contributed by atoms with E-state index in [4.69, 9.17) is 4.74 Å². The molecule has 1 aromatic heterocycles. The van der Waals surface area contributed by atoms with Crippen molar-refractivity contribution in [3.63, 3.8) is 0 Å². The molecule has 0 aliphatic carbocycles. The quantitative estimate of drug-likeness (QED) is 0.815. The van der Waals surface area contributed by atoms with E-state index in [2.05, 4.69) is 36.0 Å². The molecule has 0 spiro atoms. The monoisotopic (exact) mass is 258 g/mol. The molecule has 0 bridgehead atoms. The molecular weight excluding hydrogens is 236 g/mol. The van der Waals surface area contributed by atoms with Gasteiger partial charge >= 0.3 is 0 Å². The first-order chi connectivity index (χ1) is 9.25. The van der Waals surface area contributed by atoms with Crippen molar-refractivity contribution < 1.29 is 4.74 Å². The van der Waals surface area contributed by atoms with Gasteiger partial charge in [-0.1, -0.05) is 13.8 Å². The van der Waals surface area contributed by atoms with Crippen LogP contribution in [0.4, 0.5) is 0 Å². The molecule has 1 fully saturated rings. The summed E-state index contributed by atoms with van der Waals surface area (Å²) in [6.45, 7) is 7.31. The second-order valence-corrected chi connectivity index (χ2v) is 5.79. The van der Waals surface area contributed by atoms with E-state index in [1.165, 1.54) is 16.7 Å². The lowest BCUT2D eigenvalue weighted by Crippen LogP contribution is -2.37. The first kappa shape index (κ1) is 12.7. The summed E-state index contributed by atoms with van der Waals surface area (Å²) >= 11 is 0. The molecule has 1 saturated heterocycles. The Labute approximate surface area is 115 Å². The first-order valence-electron chi connectivity index (χ1n) is 7.24. The summed E-state index contributed by atoms with van der Waals surface area (Å²) in [5.41, 5.74) is 4.18. The molecule has 2 aliphatic heterocycles. The highest BCUT2D eigenvalue weighted by molar-refractivity contribution is 5.70. The lowest BCUT2D eigenvalue weighted by atomic mass is 9.90. The summed E-state index contributed by atoms with van der Waals surface area (Å²) < 4.78 is 5.47. The molecule has 19 heavy (non-hydrogen) atoms. The standard InChI is InChI=1S/C16H22N2O/c1-12(2)16-11-18(14-4-7-19-8-5-14)10-13-9-17-6-3-15(13)16/h3,6,9,11-12,14H,4-5,7-8,10H2,1-2H3. The van der Waals surface area contributed by atoms with Gasteiger partial charge in [0.1, 0.15) is 0 Å². The van der Waals surface area contributed by atoms with Crippen LogP contribution in [0.2, 0.25) is 0 Å². The topological polar surface area (TPSA) is 25.4 Å². The third kappa shape index (κ3) is 2.52. The summed E-state index contributed by atoms with van der Waals surface area (Å²) in [5.74, 6) is 0.545. The molecule has 1 aromatic rings. The molecule has 0 unspecified atom stereocenters. The van der Waals surface area contributed by atoms with Crippen LogP contribution in [0.5, 0.6) is 0 Å². The summed E-state index contributed by atoms with van der Waals surface area (Å²) in [4.78, 5) is 6.79. The summed E-state index contributed by atoms with van der Waals surface area (Å²) in [5, 5.41) is 0. The van der Waals surface area contributed by atoms with Gasteiger partial charge in [-0.25, -0.2) is 0 Å². The fraction of sp³-hybridized carbons (Fsp3) is 0.562. The molecule has 0 amide bonds. The zero-order valence-corrected chi connectivity index (χ0v) is 11.8. The molecule has 3 rings (SSSR count). The zero-order valence-electron chi connectivity index (χ0n) is 11.8. The van der Waals surface area contributed by atoms with Gasteiger partial charge < -0.3 is 9.64 Å². The van der Waals surface area contributed by atoms with Crippen molar-refractivity contribution >= 4 is 5.57 Å². The third-order valence-corrected chi connectivity index (χ3v) is 4.15. The Morgan fingerprint density at radius 1 is 1.32 bits per heavy atom. The van der Waals surface area contributed by atoms with Crippen LogP contribution in [0.15, 0.2) is 24.7 Å². The van der Waals surface area contributed by atoms with Gasteiger partial charge in [0.05, 0.1) is 0 Å². The highest BCUT2D eigenvalue weighted by atomic mass is 16.5. The molecule has 0 radical (unpaired) electrons. The van der Waals surface area contributed by atoms with Crippen molar-refractivity contribution in [3.05, 3.63) is 35.8 Å². The van der Waals surface area contributed by atoms with Crippen LogP contribution in [0.25, 0.3) is 5.57 Å². The van der Waals surface area contributed by atoms with Gasteiger partial charge in [0.25, 0.3) is 0 Å². The Balaban J connectivity index is 1.91. The van der Waals surface area contributed by atoms with Crippen molar-refractivity contribution in [1.82, 2.24) is 9.88 Å². The van der Waals surface area contributed by atoms with E-state index in [-0.39, 0.29) is 0 Å². The van der Waals surface area contributed by atoms with Crippen molar-refractivity contribution in [2.45, 2.75) is 39.3 Å². The van der Waals surface area contributed by atoms with Crippen LogP contribution in [0, 0.1) is 5.92 Å². The maximum Gasteiger partial charge on any atom is 0.0485 e. The maximum absolute atomic E-state index is 5.47. The van der Waals surface area contributed by atoms with Crippen LogP contribution < -0.4 is 0 Å². The normalized spacial score (nSPS) is 20.4. The van der Waals surface area contributed by atoms with Crippen molar-refractivity contribution in [2.75, 3.05) is 13.2 Å². The summed E-state index contributed by atoms with van der Waals surface area (Å²) in [7, 11) is 0. The number of hydrogen-bond donors (Lipinski definition) is 0. The van der Waals surface area contributed by atoms with Crippen LogP contribution >= 0.6 is 0 Å². The molecule has 0 aromatic carbocycles. The molecule has 0 atom stereocenters. The minimum absolute atomic E-state index is 0.545. The Kier molecular flexibility index (Phi) is 3.56. The van der Waals surface area contributed by atoms with E-state index in [0.29, 0.717) is 12.0 Å². The Hall–Kier alpha value is -1.35. The maximum atomic E-state index is 5.47. The van der Waals surface area contributed by atoms with Crippen molar-refractivity contribution in [2.24, 2.45) is 5.92 Å². The van der Waals surface area contributed by atoms with Crippen LogP contribution in [-0.4, -0.2) is 29.1 Å². The number of hydrogen-bond acceptors (Lipinski definition) is 3. The summed E-state index contributed by atoms with van der Waals surface area (Å²) in [6, 6.07) is 2.78. The van der Waals surface area contributed by atoms with Crippen molar-refractivity contribution in [1.29, 1.82) is 0 Å². The minimum Gasteiger partial charge on any atom is -0.381 e. The Morgan fingerprint density at radius 2 is 2.11 bits per heavy atom. The number of fused-ring (bicyclic) bond motifs is 1. The molecule has 0 N–H and O–H groups in total. The SMILES string of the molecule is CC(C)C1=CN(C2CCOCC2)Cc2cnccc21. The smallest absolute Gasteiger partial charge is 0.0485 e. The van der Waals surface area contributed by atoms with Crippen LogP contribution in [-0.2, 0) is 11.3 Å². The third-order valence-electron chi connectivity index (χ3n) is 4.15. The fourth-order valence-corrected chi connectivity index (χ4v) is 3.04. The largest absolute Gasteiger partial charge is 0.381 e. The Morgan fingerprint density at radius 3 is 2.84 bits per heavy atom. The van der Waals surface area contributed by atoms with E-state index >= 15 is 0 Å². The van der Waals surface area contributed by atoms with Gasteiger partial charge in [-0.15, -0.1) is 0 Å². The highest BCUT2D eigenvalue weighted by Crippen LogP contribution is 2.33. The second-order valence-electron chi connectivity index (χ2n) is 5.79. The van der Waals surface area contributed by atoms with Crippen molar-refractivity contribution in [3.8, 4) is 0 Å². The van der Waals surface area contributed by atoms with Gasteiger partial charge in [0, 0.05) is 44.4 Å². The van der Waals surface area contributed by atoms with E-state index in [1.54, 1.807) is 0 Å². The highest BCUT2D eigenvalue weighted by Gasteiger charge is 2.25. The zero-order chi connectivity index (χ0) is 13.2. The van der Waals surface area contributed by atoms with Gasteiger partial charge in [-0.3, -0.25) is 4.98 Å². The average molecular weight is 258 g/mol. The molecule has 0 saturated carbocycles. The fourth-order valence-electron chi connectivity index (χ4n) is 3.04.